The van der Waals surface area contributed by atoms with E-state index in [-0.39, 0.29) is 23.7 Å². The molecule has 9 heteroatoms. The first kappa shape index (κ1) is 22.2. The Morgan fingerprint density at radius 3 is 2.47 bits per heavy atom. The van der Waals surface area contributed by atoms with Crippen molar-refractivity contribution in [3.8, 4) is 5.75 Å². The number of nitrogens with zero attached hydrogens (tertiary/aromatic N) is 1. The predicted octanol–water partition coefficient (Wildman–Crippen LogP) is 4.49. The highest BCUT2D eigenvalue weighted by Crippen LogP contribution is 2.36. The number of hydrogen-bond acceptors (Lipinski definition) is 5. The van der Waals surface area contributed by atoms with E-state index in [4.69, 9.17) is 9.47 Å². The number of hydrogen-bond donors (Lipinski definition) is 0. The summed E-state index contributed by atoms with van der Waals surface area (Å²) in [6, 6.07) is 8.69. The van der Waals surface area contributed by atoms with Gasteiger partial charge in [-0.15, -0.1) is 0 Å². The van der Waals surface area contributed by atoms with Crippen molar-refractivity contribution in [3.05, 3.63) is 57.9 Å². The van der Waals surface area contributed by atoms with Crippen molar-refractivity contribution in [1.82, 2.24) is 4.57 Å². The second-order valence-corrected chi connectivity index (χ2v) is 8.74. The molecule has 0 unspecified atom stereocenters. The maximum atomic E-state index is 13.2. The number of fused-ring (bicyclic) bond motifs is 1. The van der Waals surface area contributed by atoms with E-state index < -0.39 is 28.6 Å². The zero-order chi connectivity index (χ0) is 22.0. The van der Waals surface area contributed by atoms with Gasteiger partial charge in [-0.3, -0.25) is 9.00 Å². The number of halogens is 2. The highest BCUT2D eigenvalue weighted by molar-refractivity contribution is 9.10. The fourth-order valence-corrected chi connectivity index (χ4v) is 4.72. The number of benzene rings is 2. The van der Waals surface area contributed by atoms with E-state index in [0.29, 0.717) is 26.0 Å². The number of aryl methyl sites for hydroxylation is 1. The molecule has 0 spiro atoms. The number of esters is 2. The van der Waals surface area contributed by atoms with Crippen LogP contribution in [0.25, 0.3) is 10.9 Å². The summed E-state index contributed by atoms with van der Waals surface area (Å²) >= 11 is 3.37. The Kier molecular flexibility index (Phi) is 6.72. The lowest BCUT2D eigenvalue weighted by Gasteiger charge is -2.08. The lowest BCUT2D eigenvalue weighted by Crippen LogP contribution is -2.11. The van der Waals surface area contributed by atoms with Crippen LogP contribution in [0.4, 0.5) is 4.39 Å². The van der Waals surface area contributed by atoms with Gasteiger partial charge in [-0.1, -0.05) is 0 Å². The first-order chi connectivity index (χ1) is 14.2. The van der Waals surface area contributed by atoms with Gasteiger partial charge in [0.05, 0.1) is 38.7 Å². The van der Waals surface area contributed by atoms with Crippen LogP contribution in [-0.2, 0) is 33.1 Å². The quantitative estimate of drug-likeness (QED) is 0.372. The normalized spacial score (nSPS) is 12.0. The third-order valence-electron chi connectivity index (χ3n) is 4.45. The van der Waals surface area contributed by atoms with Gasteiger partial charge in [-0.05, 0) is 59.3 Å². The van der Waals surface area contributed by atoms with Crippen LogP contribution in [-0.4, -0.2) is 27.3 Å². The minimum atomic E-state index is -1.52. The molecule has 0 N–H and O–H groups in total. The molecule has 1 aromatic heterocycles. The molecule has 0 fully saturated rings. The monoisotopic (exact) mass is 495 g/mol. The Labute approximate surface area is 183 Å². The Morgan fingerprint density at radius 1 is 1.20 bits per heavy atom. The summed E-state index contributed by atoms with van der Waals surface area (Å²) in [5.41, 5.74) is 1.43. The highest BCUT2D eigenvalue weighted by atomic mass is 79.9. The Balaban J connectivity index is 2.16. The number of aromatic nitrogens is 1. The van der Waals surface area contributed by atoms with Crippen LogP contribution in [0.15, 0.2) is 45.8 Å². The number of rotatable bonds is 6. The van der Waals surface area contributed by atoms with Crippen molar-refractivity contribution < 1.29 is 27.7 Å². The molecule has 6 nitrogen and oxygen atoms in total. The van der Waals surface area contributed by atoms with Crippen molar-refractivity contribution in [2.45, 2.75) is 24.5 Å². The van der Waals surface area contributed by atoms with Crippen molar-refractivity contribution in [2.24, 2.45) is 7.05 Å². The van der Waals surface area contributed by atoms with Gasteiger partial charge >= 0.3 is 11.9 Å². The van der Waals surface area contributed by atoms with E-state index in [0.717, 1.165) is 0 Å². The van der Waals surface area contributed by atoms with Crippen molar-refractivity contribution in [3.63, 3.8) is 0 Å². The van der Waals surface area contributed by atoms with Crippen LogP contribution in [0.2, 0.25) is 0 Å². The van der Waals surface area contributed by atoms with E-state index >= 15 is 0 Å². The fraction of sp³-hybridized carbons (Fsp3) is 0.238. The highest BCUT2D eigenvalue weighted by Gasteiger charge is 2.25. The van der Waals surface area contributed by atoms with Gasteiger partial charge in [0.1, 0.15) is 11.6 Å². The van der Waals surface area contributed by atoms with Gasteiger partial charge in [-0.2, -0.15) is 0 Å². The molecule has 0 aliphatic heterocycles. The first-order valence-corrected chi connectivity index (χ1v) is 11.1. The minimum Gasteiger partial charge on any atom is -0.462 e. The lowest BCUT2D eigenvalue weighted by molar-refractivity contribution is -0.131. The standard InChI is InChI=1S/C21H19BrFNO5S/c1-4-28-21(26)20-15-9-19(29-12(2)25)16(22)10-17(15)24(3)18(20)11-30(27)14-7-5-13(23)6-8-14/h5-10H,4,11H2,1-3H3/t30-/m1/s1. The zero-order valence-corrected chi connectivity index (χ0v) is 18.9. The molecule has 1 heterocycles. The maximum Gasteiger partial charge on any atom is 0.340 e. The molecule has 0 aliphatic carbocycles. The summed E-state index contributed by atoms with van der Waals surface area (Å²) in [6.07, 6.45) is 0. The molecule has 0 aliphatic rings. The molecule has 2 aromatic carbocycles. The summed E-state index contributed by atoms with van der Waals surface area (Å²) in [5, 5.41) is 0.515. The largest absolute Gasteiger partial charge is 0.462 e. The van der Waals surface area contributed by atoms with Crippen LogP contribution < -0.4 is 4.74 Å². The third kappa shape index (κ3) is 4.46. The van der Waals surface area contributed by atoms with E-state index in [2.05, 4.69) is 15.9 Å². The summed E-state index contributed by atoms with van der Waals surface area (Å²) in [5.74, 6) is -1.20. The van der Waals surface area contributed by atoms with E-state index in [1.807, 2.05) is 0 Å². The minimum absolute atomic E-state index is 0.0193. The topological polar surface area (TPSA) is 74.6 Å². The molecule has 1 atom stereocenters. The molecule has 0 bridgehead atoms. The summed E-state index contributed by atoms with van der Waals surface area (Å²) in [4.78, 5) is 24.6. The SMILES string of the molecule is CCOC(=O)c1c(C[S@@](=O)c2ccc(F)cc2)n(C)c2cc(Br)c(OC(C)=O)cc12. The summed E-state index contributed by atoms with van der Waals surface area (Å²) in [7, 11) is 0.228. The van der Waals surface area contributed by atoms with Crippen molar-refractivity contribution in [2.75, 3.05) is 6.61 Å². The lowest BCUT2D eigenvalue weighted by atomic mass is 10.1. The predicted molar refractivity (Wildman–Crippen MR) is 114 cm³/mol. The first-order valence-electron chi connectivity index (χ1n) is 9.03. The Hall–Kier alpha value is -2.52. The second-order valence-electron chi connectivity index (χ2n) is 6.44. The van der Waals surface area contributed by atoms with Gasteiger partial charge in [0.25, 0.3) is 0 Å². The van der Waals surface area contributed by atoms with Gasteiger partial charge in [0.15, 0.2) is 0 Å². The van der Waals surface area contributed by atoms with Crippen molar-refractivity contribution >= 4 is 49.6 Å². The second kappa shape index (κ2) is 9.09. The van der Waals surface area contributed by atoms with Crippen molar-refractivity contribution in [1.29, 1.82) is 0 Å². The smallest absolute Gasteiger partial charge is 0.340 e. The number of carbonyl (C=O) groups excluding carboxylic acids is 2. The van der Waals surface area contributed by atoms with E-state index in [1.54, 1.807) is 30.7 Å². The van der Waals surface area contributed by atoms with E-state index in [1.165, 1.54) is 31.2 Å². The molecular weight excluding hydrogens is 477 g/mol. The van der Waals surface area contributed by atoms with Crippen LogP contribution in [0.3, 0.4) is 0 Å². The Morgan fingerprint density at radius 2 is 1.87 bits per heavy atom. The van der Waals surface area contributed by atoms with Gasteiger partial charge < -0.3 is 14.0 Å². The molecule has 0 radical (unpaired) electrons. The zero-order valence-electron chi connectivity index (χ0n) is 16.5. The fourth-order valence-electron chi connectivity index (χ4n) is 3.12. The average molecular weight is 496 g/mol. The van der Waals surface area contributed by atoms with Gasteiger partial charge in [0, 0.05) is 29.9 Å². The molecule has 0 amide bonds. The van der Waals surface area contributed by atoms with E-state index in [9.17, 15) is 18.2 Å². The molecule has 3 rings (SSSR count). The summed E-state index contributed by atoms with van der Waals surface area (Å²) < 4.78 is 38.8. The Bertz CT molecular complexity index is 1160. The van der Waals surface area contributed by atoms with Crippen LogP contribution in [0, 0.1) is 5.82 Å². The van der Waals surface area contributed by atoms with Crippen LogP contribution >= 0.6 is 15.9 Å². The molecular formula is C21H19BrFNO5S. The van der Waals surface area contributed by atoms with Gasteiger partial charge in [-0.25, -0.2) is 9.18 Å². The number of ether oxygens (including phenoxy) is 2. The molecule has 0 saturated heterocycles. The molecule has 3 aromatic rings. The van der Waals surface area contributed by atoms with Crippen LogP contribution in [0.1, 0.15) is 29.9 Å². The third-order valence-corrected chi connectivity index (χ3v) is 6.41. The average Bonchev–Trinajstić information content (AvgIpc) is 2.94. The number of carbonyl (C=O) groups is 2. The van der Waals surface area contributed by atoms with Gasteiger partial charge in [0.2, 0.25) is 0 Å². The molecule has 0 saturated carbocycles. The molecule has 158 valence electrons. The summed E-state index contributed by atoms with van der Waals surface area (Å²) in [6.45, 7) is 3.15. The van der Waals surface area contributed by atoms with Crippen LogP contribution in [0.5, 0.6) is 5.75 Å². The maximum absolute atomic E-state index is 13.2. The molecule has 30 heavy (non-hydrogen) atoms.